The maximum Gasteiger partial charge on any atom is 0.238 e. The Morgan fingerprint density at radius 2 is 2.19 bits per heavy atom. The van der Waals surface area contributed by atoms with Crippen LogP contribution in [0.2, 0.25) is 0 Å². The van der Waals surface area contributed by atoms with Gasteiger partial charge in [0.1, 0.15) is 12.3 Å². The van der Waals surface area contributed by atoms with E-state index in [-0.39, 0.29) is 23.0 Å². The second-order valence-corrected chi connectivity index (χ2v) is 9.75. The fourth-order valence-corrected chi connectivity index (χ4v) is 6.69. The predicted octanol–water partition coefficient (Wildman–Crippen LogP) is 1.52. The Morgan fingerprint density at radius 3 is 2.92 bits per heavy atom. The molecule has 26 heavy (non-hydrogen) atoms. The molecule has 7 heteroatoms. The normalized spacial score (nSPS) is 39.4. The quantitative estimate of drug-likeness (QED) is 0.682. The first-order valence-electron chi connectivity index (χ1n) is 9.59. The van der Waals surface area contributed by atoms with Crippen molar-refractivity contribution in [2.75, 3.05) is 24.7 Å². The van der Waals surface area contributed by atoms with Gasteiger partial charge in [-0.3, -0.25) is 4.79 Å². The summed E-state index contributed by atoms with van der Waals surface area (Å²) in [6.07, 6.45) is 6.31. The molecule has 3 aliphatic rings. The van der Waals surface area contributed by atoms with Crippen LogP contribution in [-0.4, -0.2) is 58.9 Å². The molecular formula is C19H30N4O2S. The van der Waals surface area contributed by atoms with Crippen molar-refractivity contribution in [2.24, 2.45) is 11.8 Å². The Morgan fingerprint density at radius 1 is 1.38 bits per heavy atom. The molecule has 1 saturated heterocycles. The van der Waals surface area contributed by atoms with Gasteiger partial charge >= 0.3 is 0 Å². The number of nitriles is 1. The van der Waals surface area contributed by atoms with Crippen LogP contribution in [0.15, 0.2) is 0 Å². The summed E-state index contributed by atoms with van der Waals surface area (Å²) in [6.45, 7) is 5.18. The Hall–Kier alpha value is -1.10. The van der Waals surface area contributed by atoms with E-state index < -0.39 is 0 Å². The maximum absolute atomic E-state index is 12.7. The minimum absolute atomic E-state index is 0.0267. The highest BCUT2D eigenvalue weighted by Gasteiger charge is 2.49. The topological polar surface area (TPSA) is 85.2 Å². The van der Waals surface area contributed by atoms with E-state index in [9.17, 15) is 14.9 Å². The van der Waals surface area contributed by atoms with Crippen molar-refractivity contribution in [2.45, 2.75) is 63.1 Å². The monoisotopic (exact) mass is 378 g/mol. The van der Waals surface area contributed by atoms with Crippen LogP contribution in [0.4, 0.5) is 0 Å². The van der Waals surface area contributed by atoms with Gasteiger partial charge in [0, 0.05) is 16.8 Å². The Kier molecular flexibility index (Phi) is 5.95. The van der Waals surface area contributed by atoms with E-state index >= 15 is 0 Å². The summed E-state index contributed by atoms with van der Waals surface area (Å²) in [5, 5.41) is 16.3. The van der Waals surface area contributed by atoms with Crippen molar-refractivity contribution in [3.05, 3.63) is 0 Å². The standard InChI is InChI=1S/C19H30N4O2S/c1-14-5-15-7-18(2,21-3-4-24)12-19(6-14,8-15)22-10-17(25)23-13-26-11-16(23)9-20/h4,14-16,21-22H,3,5-8,10-13H2,1-2H3. The van der Waals surface area contributed by atoms with Gasteiger partial charge in [0.25, 0.3) is 0 Å². The van der Waals surface area contributed by atoms with Crippen LogP contribution < -0.4 is 10.6 Å². The third-order valence-electron chi connectivity index (χ3n) is 6.20. The van der Waals surface area contributed by atoms with Crippen molar-refractivity contribution in [3.63, 3.8) is 0 Å². The zero-order valence-corrected chi connectivity index (χ0v) is 16.6. The Bertz CT molecular complexity index is 591. The van der Waals surface area contributed by atoms with E-state index in [0.717, 1.165) is 32.0 Å². The second-order valence-electron chi connectivity index (χ2n) is 8.75. The van der Waals surface area contributed by atoms with E-state index in [4.69, 9.17) is 0 Å². The van der Waals surface area contributed by atoms with E-state index in [1.165, 1.54) is 6.42 Å². The molecule has 3 fully saturated rings. The first-order chi connectivity index (χ1) is 12.4. The van der Waals surface area contributed by atoms with Crippen molar-refractivity contribution >= 4 is 24.0 Å². The van der Waals surface area contributed by atoms with Gasteiger partial charge in [-0.05, 0) is 50.9 Å². The maximum atomic E-state index is 12.7. The lowest BCUT2D eigenvalue weighted by Gasteiger charge is -2.55. The molecule has 0 radical (unpaired) electrons. The second kappa shape index (κ2) is 7.87. The van der Waals surface area contributed by atoms with Crippen molar-refractivity contribution < 1.29 is 9.59 Å². The number of nitrogens with zero attached hydrogens (tertiary/aromatic N) is 2. The molecule has 2 bridgehead atoms. The largest absolute Gasteiger partial charge is 0.315 e. The zero-order valence-electron chi connectivity index (χ0n) is 15.8. The Labute approximate surface area is 160 Å². The summed E-state index contributed by atoms with van der Waals surface area (Å²) in [6, 6.07) is 1.94. The molecule has 0 aromatic heterocycles. The SMILES string of the molecule is CC1CC2CC(C)(NCC=O)CC(NCC(=O)N3CSCC3C#N)(C1)C2. The van der Waals surface area contributed by atoms with Gasteiger partial charge in [-0.15, -0.1) is 11.8 Å². The summed E-state index contributed by atoms with van der Waals surface area (Å²) >= 11 is 1.64. The molecule has 0 spiro atoms. The lowest BCUT2D eigenvalue weighted by atomic mass is 9.58. The molecule has 144 valence electrons. The molecule has 2 saturated carbocycles. The summed E-state index contributed by atoms with van der Waals surface area (Å²) in [5.74, 6) is 2.61. The minimum atomic E-state index is -0.296. The molecule has 1 amide bonds. The fourth-order valence-electron chi connectivity index (χ4n) is 5.58. The number of hydrogen-bond acceptors (Lipinski definition) is 6. The summed E-state index contributed by atoms with van der Waals surface area (Å²) < 4.78 is 0. The number of aldehydes is 1. The van der Waals surface area contributed by atoms with Crippen molar-refractivity contribution in [3.8, 4) is 6.07 Å². The highest BCUT2D eigenvalue weighted by atomic mass is 32.2. The molecule has 3 rings (SSSR count). The number of rotatable bonds is 6. The zero-order chi connectivity index (χ0) is 18.8. The first-order valence-corrected chi connectivity index (χ1v) is 10.7. The summed E-state index contributed by atoms with van der Waals surface area (Å²) in [7, 11) is 0. The lowest BCUT2D eigenvalue weighted by Crippen LogP contribution is -2.63. The van der Waals surface area contributed by atoms with Crippen LogP contribution in [0, 0.1) is 23.2 Å². The smallest absolute Gasteiger partial charge is 0.238 e. The van der Waals surface area contributed by atoms with Gasteiger partial charge in [0.05, 0.1) is 25.0 Å². The lowest BCUT2D eigenvalue weighted by molar-refractivity contribution is -0.130. The molecular weight excluding hydrogens is 348 g/mol. The predicted molar refractivity (Wildman–Crippen MR) is 103 cm³/mol. The van der Waals surface area contributed by atoms with Crippen LogP contribution in [-0.2, 0) is 9.59 Å². The molecule has 0 aromatic rings. The van der Waals surface area contributed by atoms with E-state index in [2.05, 4.69) is 30.6 Å². The summed E-state index contributed by atoms with van der Waals surface area (Å²) in [4.78, 5) is 25.2. The molecule has 6 nitrogen and oxygen atoms in total. The molecule has 1 aliphatic heterocycles. The minimum Gasteiger partial charge on any atom is -0.315 e. The highest BCUT2D eigenvalue weighted by molar-refractivity contribution is 7.99. The molecule has 1 heterocycles. The number of carbonyl (C=O) groups excluding carboxylic acids is 2. The number of hydrogen-bond donors (Lipinski definition) is 2. The van der Waals surface area contributed by atoms with Gasteiger partial charge < -0.3 is 20.3 Å². The first kappa shape index (κ1) is 19.7. The van der Waals surface area contributed by atoms with Crippen LogP contribution in [0.3, 0.4) is 0 Å². The van der Waals surface area contributed by atoms with E-state index in [0.29, 0.717) is 36.6 Å². The van der Waals surface area contributed by atoms with Gasteiger partial charge in [-0.2, -0.15) is 5.26 Å². The average molecular weight is 379 g/mol. The van der Waals surface area contributed by atoms with E-state index in [1.54, 1.807) is 16.7 Å². The van der Waals surface area contributed by atoms with Gasteiger partial charge in [0.2, 0.25) is 5.91 Å². The number of thioether (sulfide) groups is 1. The van der Waals surface area contributed by atoms with Crippen LogP contribution >= 0.6 is 11.8 Å². The number of carbonyl (C=O) groups is 2. The molecule has 2 aliphatic carbocycles. The van der Waals surface area contributed by atoms with Gasteiger partial charge in [0.15, 0.2) is 0 Å². The number of nitrogens with one attached hydrogen (secondary N) is 2. The third kappa shape index (κ3) is 4.24. The third-order valence-corrected chi connectivity index (χ3v) is 7.21. The number of amides is 1. The molecule has 5 atom stereocenters. The highest BCUT2D eigenvalue weighted by Crippen LogP contribution is 2.48. The summed E-state index contributed by atoms with van der Waals surface area (Å²) in [5.41, 5.74) is -0.130. The molecule has 2 N–H and O–H groups in total. The van der Waals surface area contributed by atoms with Crippen LogP contribution in [0.1, 0.15) is 46.0 Å². The van der Waals surface area contributed by atoms with Crippen molar-refractivity contribution in [1.29, 1.82) is 5.26 Å². The van der Waals surface area contributed by atoms with Gasteiger partial charge in [-0.25, -0.2) is 0 Å². The van der Waals surface area contributed by atoms with Crippen LogP contribution in [0.5, 0.6) is 0 Å². The fraction of sp³-hybridized carbons (Fsp3) is 0.842. The number of fused-ring (bicyclic) bond motifs is 2. The average Bonchev–Trinajstić information content (AvgIpc) is 3.05. The van der Waals surface area contributed by atoms with Crippen molar-refractivity contribution in [1.82, 2.24) is 15.5 Å². The van der Waals surface area contributed by atoms with E-state index in [1.807, 2.05) is 0 Å². The molecule has 0 aromatic carbocycles. The molecule has 5 unspecified atom stereocenters. The van der Waals surface area contributed by atoms with Crippen LogP contribution in [0.25, 0.3) is 0 Å². The van der Waals surface area contributed by atoms with Gasteiger partial charge in [-0.1, -0.05) is 6.92 Å². The Balaban J connectivity index is 1.68.